The first-order valence-electron chi connectivity index (χ1n) is 16.2. The third kappa shape index (κ3) is 8.30. The van der Waals surface area contributed by atoms with Crippen LogP contribution in [0.1, 0.15) is 81.3 Å². The Bertz CT molecular complexity index is 1580. The molecular weight excluding hydrogens is 581 g/mol. The number of amides is 2. The molecule has 1 heterocycles. The highest BCUT2D eigenvalue weighted by Crippen LogP contribution is 2.42. The number of halogens is 1. The largest absolute Gasteiger partial charge is 0.358 e. The van der Waals surface area contributed by atoms with Crippen LogP contribution in [-0.2, 0) is 11.3 Å². The first-order valence-corrected chi connectivity index (χ1v) is 16.2. The van der Waals surface area contributed by atoms with Crippen LogP contribution in [0.25, 0.3) is 22.4 Å². The summed E-state index contributed by atoms with van der Waals surface area (Å²) in [4.78, 5) is 28.2. The number of aliphatic hydroxyl groups is 2. The maximum atomic E-state index is 14.2. The first-order chi connectivity index (χ1) is 22.0. The van der Waals surface area contributed by atoms with Gasteiger partial charge in [0.1, 0.15) is 5.82 Å². The number of rotatable bonds is 15. The molecule has 2 amide bonds. The van der Waals surface area contributed by atoms with Gasteiger partial charge in [-0.15, -0.1) is 0 Å². The molecular formula is C38H46FN3O4. The van der Waals surface area contributed by atoms with E-state index in [-0.39, 0.29) is 24.1 Å². The molecule has 0 saturated carbocycles. The van der Waals surface area contributed by atoms with Gasteiger partial charge >= 0.3 is 0 Å². The zero-order valence-electron chi connectivity index (χ0n) is 27.3. The van der Waals surface area contributed by atoms with Crippen molar-refractivity contribution in [1.82, 2.24) is 9.47 Å². The van der Waals surface area contributed by atoms with Crippen LogP contribution in [0, 0.1) is 5.82 Å². The second-order valence-corrected chi connectivity index (χ2v) is 12.2. The Morgan fingerprint density at radius 2 is 1.50 bits per heavy atom. The lowest BCUT2D eigenvalue weighted by molar-refractivity contribution is -0.197. The van der Waals surface area contributed by atoms with Crippen LogP contribution in [0.3, 0.4) is 0 Å². The molecule has 1 aromatic heterocycles. The molecule has 3 aromatic carbocycles. The van der Waals surface area contributed by atoms with E-state index in [1.807, 2.05) is 67.6 Å². The van der Waals surface area contributed by atoms with E-state index in [2.05, 4.69) is 23.7 Å². The van der Waals surface area contributed by atoms with E-state index in [4.69, 9.17) is 0 Å². The zero-order valence-corrected chi connectivity index (χ0v) is 27.3. The minimum atomic E-state index is -2.42. The summed E-state index contributed by atoms with van der Waals surface area (Å²) in [6, 6.07) is 25.4. The topological polar surface area (TPSA) is 94.8 Å². The number of hydrogen-bond donors (Lipinski definition) is 3. The number of carbonyl (C=O) groups is 2. The van der Waals surface area contributed by atoms with Gasteiger partial charge in [-0.05, 0) is 72.7 Å². The molecule has 8 heteroatoms. The molecule has 0 spiro atoms. The number of anilines is 1. The quantitative estimate of drug-likeness (QED) is 0.0925. The number of aromatic nitrogens is 1. The molecule has 244 valence electrons. The summed E-state index contributed by atoms with van der Waals surface area (Å²) in [7, 11) is 1.59. The van der Waals surface area contributed by atoms with E-state index >= 15 is 0 Å². The predicted molar refractivity (Wildman–Crippen MR) is 182 cm³/mol. The van der Waals surface area contributed by atoms with Gasteiger partial charge in [-0.25, -0.2) is 4.39 Å². The Morgan fingerprint density at radius 3 is 2.11 bits per heavy atom. The van der Waals surface area contributed by atoms with Crippen molar-refractivity contribution in [3.8, 4) is 22.4 Å². The van der Waals surface area contributed by atoms with Crippen LogP contribution in [-0.4, -0.2) is 50.9 Å². The van der Waals surface area contributed by atoms with Crippen molar-refractivity contribution >= 4 is 17.5 Å². The molecule has 3 N–H and O–H groups in total. The lowest BCUT2D eigenvalue weighted by Crippen LogP contribution is -2.47. The van der Waals surface area contributed by atoms with Crippen LogP contribution in [0.2, 0.25) is 0 Å². The van der Waals surface area contributed by atoms with E-state index in [1.165, 1.54) is 17.0 Å². The van der Waals surface area contributed by atoms with Crippen molar-refractivity contribution in [2.45, 2.75) is 77.5 Å². The molecule has 46 heavy (non-hydrogen) atoms. The van der Waals surface area contributed by atoms with Crippen LogP contribution in [0.4, 0.5) is 10.1 Å². The Morgan fingerprint density at radius 1 is 0.870 bits per heavy atom. The molecule has 0 aliphatic carbocycles. The van der Waals surface area contributed by atoms with Gasteiger partial charge in [0.15, 0.2) is 0 Å². The second-order valence-electron chi connectivity index (χ2n) is 12.2. The average Bonchev–Trinajstić information content (AvgIpc) is 3.39. The van der Waals surface area contributed by atoms with Gasteiger partial charge in [-0.1, -0.05) is 82.1 Å². The summed E-state index contributed by atoms with van der Waals surface area (Å²) in [6.07, 6.45) is 3.33. The lowest BCUT2D eigenvalue weighted by atomic mass is 9.94. The summed E-state index contributed by atoms with van der Waals surface area (Å²) in [6.45, 7) is 7.14. The SMILES string of the molecule is CCCCN(C)C(=O)C(O)(O)CCCCCn1c(-c2ccc(F)cc2)c(-c2ccccc2)c(C(=O)Nc2ccccc2)c1C(C)C. The summed E-state index contributed by atoms with van der Waals surface area (Å²) < 4.78 is 16.3. The van der Waals surface area contributed by atoms with Gasteiger partial charge in [0, 0.05) is 43.5 Å². The van der Waals surface area contributed by atoms with Gasteiger partial charge < -0.3 is 25.0 Å². The number of para-hydroxylation sites is 1. The van der Waals surface area contributed by atoms with Gasteiger partial charge in [-0.3, -0.25) is 9.59 Å². The maximum Gasteiger partial charge on any atom is 0.282 e. The molecule has 4 rings (SSSR count). The number of carbonyl (C=O) groups excluding carboxylic acids is 2. The maximum absolute atomic E-state index is 14.2. The van der Waals surface area contributed by atoms with Crippen molar-refractivity contribution in [1.29, 1.82) is 0 Å². The fraction of sp³-hybridized carbons (Fsp3) is 0.368. The smallest absolute Gasteiger partial charge is 0.282 e. The number of likely N-dealkylation sites (N-methyl/N-ethyl adjacent to an activating group) is 1. The Balaban J connectivity index is 1.71. The fourth-order valence-electron chi connectivity index (χ4n) is 5.94. The number of nitrogens with one attached hydrogen (secondary N) is 1. The highest BCUT2D eigenvalue weighted by atomic mass is 19.1. The zero-order chi connectivity index (χ0) is 33.3. The first kappa shape index (κ1) is 34.6. The number of benzene rings is 3. The molecule has 0 aliphatic heterocycles. The number of unbranched alkanes of at least 4 members (excludes halogenated alkanes) is 3. The van der Waals surface area contributed by atoms with Crippen LogP contribution in [0.15, 0.2) is 84.9 Å². The standard InChI is InChI=1S/C38H46FN3O4/c1-5-6-25-41(4)37(44)38(45,46)24-14-9-15-26-42-34(27(2)3)33(36(43)40-31-18-12-8-13-19-31)32(28-16-10-7-11-17-28)35(42)29-20-22-30(39)23-21-29/h7-8,10-13,16-23,27,45-46H,5-6,9,14-15,24-26H2,1-4H3,(H,40,43). The van der Waals surface area contributed by atoms with E-state index in [0.717, 1.165) is 40.9 Å². The minimum Gasteiger partial charge on any atom is -0.358 e. The summed E-state index contributed by atoms with van der Waals surface area (Å²) in [5, 5.41) is 24.2. The Kier molecular flexibility index (Phi) is 11.9. The van der Waals surface area contributed by atoms with E-state index < -0.39 is 11.7 Å². The Labute approximate surface area is 271 Å². The fourth-order valence-corrected chi connectivity index (χ4v) is 5.94. The molecule has 7 nitrogen and oxygen atoms in total. The molecule has 0 aliphatic rings. The third-order valence-corrected chi connectivity index (χ3v) is 8.23. The lowest BCUT2D eigenvalue weighted by Gasteiger charge is -2.26. The summed E-state index contributed by atoms with van der Waals surface area (Å²) in [5.74, 6) is -3.71. The Hall–Kier alpha value is -4.27. The molecule has 0 unspecified atom stereocenters. The van der Waals surface area contributed by atoms with Crippen LogP contribution < -0.4 is 5.32 Å². The molecule has 0 radical (unpaired) electrons. The summed E-state index contributed by atoms with van der Waals surface area (Å²) >= 11 is 0. The minimum absolute atomic E-state index is 0.0352. The second kappa shape index (κ2) is 15.8. The van der Waals surface area contributed by atoms with Gasteiger partial charge in [0.05, 0.1) is 11.3 Å². The van der Waals surface area contributed by atoms with Crippen molar-refractivity contribution in [2.75, 3.05) is 18.9 Å². The normalized spacial score (nSPS) is 11.6. The molecule has 4 aromatic rings. The van der Waals surface area contributed by atoms with Crippen LogP contribution in [0.5, 0.6) is 0 Å². The van der Waals surface area contributed by atoms with E-state index in [1.54, 1.807) is 19.2 Å². The monoisotopic (exact) mass is 627 g/mol. The molecule has 0 fully saturated rings. The molecule has 0 bridgehead atoms. The summed E-state index contributed by atoms with van der Waals surface area (Å²) in [5.41, 5.74) is 5.36. The van der Waals surface area contributed by atoms with Crippen LogP contribution >= 0.6 is 0 Å². The van der Waals surface area contributed by atoms with Crippen molar-refractivity contribution in [3.05, 3.63) is 102 Å². The van der Waals surface area contributed by atoms with Crippen molar-refractivity contribution in [3.63, 3.8) is 0 Å². The van der Waals surface area contributed by atoms with Gasteiger partial charge in [0.2, 0.25) is 5.79 Å². The third-order valence-electron chi connectivity index (χ3n) is 8.23. The average molecular weight is 628 g/mol. The van der Waals surface area contributed by atoms with Gasteiger partial charge in [-0.2, -0.15) is 0 Å². The highest BCUT2D eigenvalue weighted by Gasteiger charge is 2.35. The van der Waals surface area contributed by atoms with E-state index in [0.29, 0.717) is 43.6 Å². The molecule has 0 saturated heterocycles. The van der Waals surface area contributed by atoms with Crippen molar-refractivity contribution < 1.29 is 24.2 Å². The van der Waals surface area contributed by atoms with E-state index in [9.17, 15) is 24.2 Å². The number of hydrogen-bond acceptors (Lipinski definition) is 4. The van der Waals surface area contributed by atoms with Gasteiger partial charge in [0.25, 0.3) is 11.8 Å². The molecule has 0 atom stereocenters. The van der Waals surface area contributed by atoms with Crippen molar-refractivity contribution in [2.24, 2.45) is 0 Å². The predicted octanol–water partition coefficient (Wildman–Crippen LogP) is 7.84. The number of nitrogens with zero attached hydrogens (tertiary/aromatic N) is 2. The highest BCUT2D eigenvalue weighted by molar-refractivity contribution is 6.12.